The summed E-state index contributed by atoms with van der Waals surface area (Å²) in [5.74, 6) is 1.56. The summed E-state index contributed by atoms with van der Waals surface area (Å²) < 4.78 is 0. The molecule has 1 unspecified atom stereocenters. The molecular weight excluding hydrogens is 283 g/mol. The van der Waals surface area contributed by atoms with Gasteiger partial charge < -0.3 is 0 Å². The molecule has 0 radical (unpaired) electrons. The quantitative estimate of drug-likeness (QED) is 0.658. The van der Waals surface area contributed by atoms with E-state index in [2.05, 4.69) is 18.2 Å². The monoisotopic (exact) mass is 294 g/mol. The van der Waals surface area contributed by atoms with Crippen molar-refractivity contribution in [2.45, 2.75) is 17.2 Å². The summed E-state index contributed by atoms with van der Waals surface area (Å²) in [6.07, 6.45) is 1.15. The van der Waals surface area contributed by atoms with Gasteiger partial charge in [-0.05, 0) is 41.5 Å². The summed E-state index contributed by atoms with van der Waals surface area (Å²) in [4.78, 5) is 1.24. The number of rotatable bonds is 1. The van der Waals surface area contributed by atoms with Crippen LogP contribution in [0.5, 0.6) is 0 Å². The van der Waals surface area contributed by atoms with Gasteiger partial charge in [0.1, 0.15) is 0 Å². The van der Waals surface area contributed by atoms with E-state index in [1.54, 1.807) is 0 Å². The lowest BCUT2D eigenvalue weighted by atomic mass is 9.89. The molecule has 92 valence electrons. The van der Waals surface area contributed by atoms with Crippen molar-refractivity contribution >= 4 is 35.0 Å². The van der Waals surface area contributed by atoms with Gasteiger partial charge in [-0.3, -0.25) is 0 Å². The van der Waals surface area contributed by atoms with Gasteiger partial charge in [-0.2, -0.15) is 0 Å². The van der Waals surface area contributed by atoms with Crippen LogP contribution in [0.25, 0.3) is 0 Å². The van der Waals surface area contributed by atoms with Crippen LogP contribution in [0.15, 0.2) is 47.4 Å². The fourth-order valence-electron chi connectivity index (χ4n) is 2.43. The predicted octanol–water partition coefficient (Wildman–Crippen LogP) is 5.62. The fraction of sp³-hybridized carbons (Fsp3) is 0.200. The Morgan fingerprint density at radius 1 is 1.00 bits per heavy atom. The first kappa shape index (κ1) is 12.4. The molecule has 0 aliphatic carbocycles. The lowest BCUT2D eigenvalue weighted by Gasteiger charge is -2.26. The Morgan fingerprint density at radius 3 is 2.56 bits per heavy atom. The molecule has 3 heteroatoms. The Labute approximate surface area is 121 Å². The molecule has 1 atom stereocenters. The molecule has 3 rings (SSSR count). The van der Waals surface area contributed by atoms with Crippen LogP contribution in [-0.4, -0.2) is 5.75 Å². The number of fused-ring (bicyclic) bond motifs is 1. The Bertz CT molecular complexity index is 563. The van der Waals surface area contributed by atoms with Crippen molar-refractivity contribution in [3.05, 3.63) is 63.6 Å². The second-order valence-corrected chi connectivity index (χ2v) is 6.35. The Balaban J connectivity index is 2.06. The number of benzene rings is 2. The smallest absolute Gasteiger partial charge is 0.0544 e. The van der Waals surface area contributed by atoms with E-state index in [9.17, 15) is 0 Å². The van der Waals surface area contributed by atoms with Crippen LogP contribution in [0.2, 0.25) is 10.0 Å². The Kier molecular flexibility index (Phi) is 3.56. The maximum atomic E-state index is 6.28. The molecule has 0 bridgehead atoms. The van der Waals surface area contributed by atoms with Crippen molar-refractivity contribution in [2.75, 3.05) is 5.75 Å². The standard InChI is InChI=1S/C15H12Cl2S/c16-11-6-4-10(5-7-11)12-8-9-18-15-13(12)2-1-3-14(15)17/h1-7,12H,8-9H2. The highest BCUT2D eigenvalue weighted by atomic mass is 35.5. The molecule has 2 aromatic carbocycles. The normalized spacial score (nSPS) is 18.4. The molecule has 0 aromatic heterocycles. The van der Waals surface area contributed by atoms with Crippen molar-refractivity contribution < 1.29 is 0 Å². The van der Waals surface area contributed by atoms with E-state index in [0.717, 1.165) is 22.2 Å². The third-order valence-corrected chi connectivity index (χ3v) is 5.16. The summed E-state index contributed by atoms with van der Waals surface area (Å²) in [7, 11) is 0. The number of hydrogen-bond acceptors (Lipinski definition) is 1. The maximum Gasteiger partial charge on any atom is 0.0544 e. The highest BCUT2D eigenvalue weighted by Gasteiger charge is 2.23. The Morgan fingerprint density at radius 2 is 1.78 bits per heavy atom. The minimum absolute atomic E-state index is 0.442. The van der Waals surface area contributed by atoms with Gasteiger partial charge in [-0.15, -0.1) is 11.8 Å². The van der Waals surface area contributed by atoms with E-state index >= 15 is 0 Å². The zero-order chi connectivity index (χ0) is 12.5. The molecule has 1 aliphatic rings. The molecule has 0 saturated heterocycles. The van der Waals surface area contributed by atoms with Gasteiger partial charge in [0.2, 0.25) is 0 Å². The first-order valence-corrected chi connectivity index (χ1v) is 7.66. The van der Waals surface area contributed by atoms with Crippen LogP contribution >= 0.6 is 35.0 Å². The zero-order valence-corrected chi connectivity index (χ0v) is 12.0. The molecule has 1 heterocycles. The molecule has 2 aromatic rings. The number of thioether (sulfide) groups is 1. The van der Waals surface area contributed by atoms with Gasteiger partial charge in [0.15, 0.2) is 0 Å². The van der Waals surface area contributed by atoms with Crippen LogP contribution < -0.4 is 0 Å². The van der Waals surface area contributed by atoms with Crippen LogP contribution in [0, 0.1) is 0 Å². The van der Waals surface area contributed by atoms with E-state index in [1.165, 1.54) is 16.0 Å². The minimum Gasteiger partial charge on any atom is -0.124 e. The first-order chi connectivity index (χ1) is 8.75. The summed E-state index contributed by atoms with van der Waals surface area (Å²) >= 11 is 14.1. The van der Waals surface area contributed by atoms with Gasteiger partial charge in [-0.1, -0.05) is 47.5 Å². The third-order valence-electron chi connectivity index (χ3n) is 3.30. The van der Waals surface area contributed by atoms with E-state index in [-0.39, 0.29) is 0 Å². The zero-order valence-electron chi connectivity index (χ0n) is 9.70. The summed E-state index contributed by atoms with van der Waals surface area (Å²) in [6, 6.07) is 14.4. The van der Waals surface area contributed by atoms with Crippen molar-refractivity contribution in [2.24, 2.45) is 0 Å². The average molecular weight is 295 g/mol. The molecule has 1 aliphatic heterocycles. The van der Waals surface area contributed by atoms with Crippen molar-refractivity contribution in [1.82, 2.24) is 0 Å². The van der Waals surface area contributed by atoms with Gasteiger partial charge in [0.05, 0.1) is 5.02 Å². The van der Waals surface area contributed by atoms with Gasteiger partial charge in [-0.25, -0.2) is 0 Å². The molecule has 0 amide bonds. The van der Waals surface area contributed by atoms with Gasteiger partial charge in [0.25, 0.3) is 0 Å². The van der Waals surface area contributed by atoms with E-state index in [0.29, 0.717) is 5.92 Å². The summed E-state index contributed by atoms with van der Waals surface area (Å²) in [5, 5.41) is 1.66. The van der Waals surface area contributed by atoms with Crippen LogP contribution in [0.4, 0.5) is 0 Å². The van der Waals surface area contributed by atoms with Crippen molar-refractivity contribution in [1.29, 1.82) is 0 Å². The molecular formula is C15H12Cl2S. The lowest BCUT2D eigenvalue weighted by Crippen LogP contribution is -2.09. The highest BCUT2D eigenvalue weighted by Crippen LogP contribution is 2.44. The van der Waals surface area contributed by atoms with Crippen LogP contribution in [-0.2, 0) is 0 Å². The number of halogens is 2. The molecule has 0 spiro atoms. The summed E-state index contributed by atoms with van der Waals surface area (Å²) in [6.45, 7) is 0. The molecule has 0 saturated carbocycles. The second-order valence-electron chi connectivity index (χ2n) is 4.40. The van der Waals surface area contributed by atoms with Gasteiger partial charge in [0, 0.05) is 15.8 Å². The number of hydrogen-bond donors (Lipinski definition) is 0. The molecule has 18 heavy (non-hydrogen) atoms. The Hall–Kier alpha value is -0.630. The largest absolute Gasteiger partial charge is 0.124 e. The summed E-state index contributed by atoms with van der Waals surface area (Å²) in [5.41, 5.74) is 2.67. The first-order valence-electron chi connectivity index (χ1n) is 5.92. The van der Waals surface area contributed by atoms with E-state index < -0.39 is 0 Å². The van der Waals surface area contributed by atoms with Crippen LogP contribution in [0.1, 0.15) is 23.5 Å². The van der Waals surface area contributed by atoms with Crippen molar-refractivity contribution in [3.8, 4) is 0 Å². The van der Waals surface area contributed by atoms with Crippen LogP contribution in [0.3, 0.4) is 0 Å². The minimum atomic E-state index is 0.442. The fourth-order valence-corrected chi connectivity index (χ4v) is 4.04. The second kappa shape index (κ2) is 5.16. The molecule has 0 nitrogen and oxygen atoms in total. The maximum absolute atomic E-state index is 6.28. The third kappa shape index (κ3) is 2.27. The highest BCUT2D eigenvalue weighted by molar-refractivity contribution is 7.99. The molecule has 0 N–H and O–H groups in total. The molecule has 0 fully saturated rings. The SMILES string of the molecule is Clc1ccc(C2CCSc3c(Cl)cccc32)cc1. The van der Waals surface area contributed by atoms with Gasteiger partial charge >= 0.3 is 0 Å². The average Bonchev–Trinajstić information content (AvgIpc) is 2.40. The topological polar surface area (TPSA) is 0 Å². The lowest BCUT2D eigenvalue weighted by molar-refractivity contribution is 0.755. The van der Waals surface area contributed by atoms with E-state index in [1.807, 2.05) is 36.0 Å². The predicted molar refractivity (Wildman–Crippen MR) is 80.1 cm³/mol. The van der Waals surface area contributed by atoms with Crippen molar-refractivity contribution in [3.63, 3.8) is 0 Å². The van der Waals surface area contributed by atoms with E-state index in [4.69, 9.17) is 23.2 Å².